The second-order valence-corrected chi connectivity index (χ2v) is 8.47. The first-order valence-electron chi connectivity index (χ1n) is 11.8. The second kappa shape index (κ2) is 10.5. The Labute approximate surface area is 205 Å². The minimum absolute atomic E-state index is 0.0539. The van der Waals surface area contributed by atoms with E-state index in [-0.39, 0.29) is 5.57 Å². The number of hydrogen-bond donors (Lipinski definition) is 0. The number of benzene rings is 2. The predicted octanol–water partition coefficient (Wildman–Crippen LogP) is 4.12. The molecule has 0 unspecified atom stereocenters. The molecular formula is C28H26N4O3. The lowest BCUT2D eigenvalue weighted by atomic mass is 10.0. The van der Waals surface area contributed by atoms with Crippen LogP contribution < -0.4 is 9.80 Å². The molecule has 0 spiro atoms. The Morgan fingerprint density at radius 1 is 0.629 bits per heavy atom. The van der Waals surface area contributed by atoms with Crippen molar-refractivity contribution in [2.75, 3.05) is 62.4 Å². The molecule has 176 valence electrons. The van der Waals surface area contributed by atoms with Gasteiger partial charge in [-0.05, 0) is 60.7 Å². The van der Waals surface area contributed by atoms with Crippen molar-refractivity contribution in [1.29, 1.82) is 10.5 Å². The Bertz CT molecular complexity index is 1140. The summed E-state index contributed by atoms with van der Waals surface area (Å²) < 4.78 is 17.2. The minimum atomic E-state index is 0.0539. The maximum atomic E-state index is 9.49. The first kappa shape index (κ1) is 22.7. The van der Waals surface area contributed by atoms with E-state index >= 15 is 0 Å². The Morgan fingerprint density at radius 2 is 1.03 bits per heavy atom. The van der Waals surface area contributed by atoms with Gasteiger partial charge in [0, 0.05) is 54.3 Å². The van der Waals surface area contributed by atoms with Gasteiger partial charge in [-0.25, -0.2) is 0 Å². The van der Waals surface area contributed by atoms with Gasteiger partial charge in [0.15, 0.2) is 0 Å². The van der Waals surface area contributed by atoms with E-state index in [1.165, 1.54) is 0 Å². The summed E-state index contributed by atoms with van der Waals surface area (Å²) in [6.45, 7) is 6.39. The van der Waals surface area contributed by atoms with E-state index in [0.29, 0.717) is 17.1 Å². The van der Waals surface area contributed by atoms with Crippen LogP contribution >= 0.6 is 0 Å². The number of ether oxygens (including phenoxy) is 3. The molecule has 2 saturated heterocycles. The SMILES string of the molecule is N#CC(C#N)=C1C=C(c2ccc(N3CCOCC3)cc2)OC(c2ccc(N3CCOCC3)cc2)=C1. The van der Waals surface area contributed by atoms with Gasteiger partial charge in [-0.15, -0.1) is 0 Å². The molecule has 0 aliphatic carbocycles. The van der Waals surface area contributed by atoms with E-state index in [1.807, 2.05) is 36.4 Å². The summed E-state index contributed by atoms with van der Waals surface area (Å²) in [5.74, 6) is 1.21. The summed E-state index contributed by atoms with van der Waals surface area (Å²) in [7, 11) is 0. The van der Waals surface area contributed by atoms with E-state index in [9.17, 15) is 10.5 Å². The molecule has 7 nitrogen and oxygen atoms in total. The molecule has 5 rings (SSSR count). The van der Waals surface area contributed by atoms with Crippen molar-refractivity contribution in [3.05, 3.63) is 83.0 Å². The third-order valence-electron chi connectivity index (χ3n) is 6.36. The van der Waals surface area contributed by atoms with Crippen LogP contribution in [-0.4, -0.2) is 52.6 Å². The number of anilines is 2. The average Bonchev–Trinajstić information content (AvgIpc) is 2.95. The lowest BCUT2D eigenvalue weighted by molar-refractivity contribution is 0.122. The standard InChI is InChI=1S/C28H26N4O3/c29-19-24(20-30)23-17-27(21-1-5-25(6-2-21)31-9-13-33-14-10-31)35-28(18-23)22-3-7-26(8-4-22)32-11-15-34-16-12-32/h1-8,17-18H,9-16H2. The van der Waals surface area contributed by atoms with Crippen molar-refractivity contribution in [2.45, 2.75) is 0 Å². The molecule has 2 aromatic rings. The van der Waals surface area contributed by atoms with Crippen LogP contribution in [0.5, 0.6) is 0 Å². The Balaban J connectivity index is 1.42. The molecule has 3 heterocycles. The van der Waals surface area contributed by atoms with E-state index < -0.39 is 0 Å². The molecule has 35 heavy (non-hydrogen) atoms. The van der Waals surface area contributed by atoms with Gasteiger partial charge in [0.1, 0.15) is 29.2 Å². The summed E-state index contributed by atoms with van der Waals surface area (Å²) in [5, 5.41) is 19.0. The summed E-state index contributed by atoms with van der Waals surface area (Å²) in [4.78, 5) is 4.58. The molecular weight excluding hydrogens is 440 g/mol. The zero-order valence-electron chi connectivity index (χ0n) is 19.4. The fraction of sp³-hybridized carbons (Fsp3) is 0.286. The van der Waals surface area contributed by atoms with Gasteiger partial charge in [0.05, 0.1) is 26.4 Å². The monoisotopic (exact) mass is 466 g/mol. The molecule has 3 aliphatic heterocycles. The molecule has 7 heteroatoms. The molecule has 2 aromatic carbocycles. The number of morpholine rings is 2. The molecule has 0 N–H and O–H groups in total. The third kappa shape index (κ3) is 5.07. The van der Waals surface area contributed by atoms with E-state index in [4.69, 9.17) is 14.2 Å². The molecule has 0 saturated carbocycles. The number of nitriles is 2. The van der Waals surface area contributed by atoms with Crippen LogP contribution in [0.1, 0.15) is 11.1 Å². The third-order valence-corrected chi connectivity index (χ3v) is 6.36. The van der Waals surface area contributed by atoms with Crippen LogP contribution in [-0.2, 0) is 14.2 Å². The number of allylic oxidation sites excluding steroid dienone is 4. The summed E-state index contributed by atoms with van der Waals surface area (Å²) >= 11 is 0. The zero-order chi connectivity index (χ0) is 24.0. The lowest BCUT2D eigenvalue weighted by Crippen LogP contribution is -2.36. The van der Waals surface area contributed by atoms with E-state index in [2.05, 4.69) is 34.1 Å². The summed E-state index contributed by atoms with van der Waals surface area (Å²) in [6.07, 6.45) is 3.52. The van der Waals surface area contributed by atoms with Crippen molar-refractivity contribution in [2.24, 2.45) is 0 Å². The molecule has 0 radical (unpaired) electrons. The molecule has 3 aliphatic rings. The Hall–Kier alpha value is -4.04. The molecule has 0 bridgehead atoms. The number of rotatable bonds is 4. The summed E-state index contributed by atoms with van der Waals surface area (Å²) in [5.41, 5.74) is 4.62. The number of hydrogen-bond acceptors (Lipinski definition) is 7. The summed E-state index contributed by atoms with van der Waals surface area (Å²) in [6, 6.07) is 20.3. The molecule has 0 aromatic heterocycles. The second-order valence-electron chi connectivity index (χ2n) is 8.47. The van der Waals surface area contributed by atoms with Gasteiger partial charge in [-0.3, -0.25) is 0 Å². The molecule has 0 amide bonds. The highest BCUT2D eigenvalue weighted by atomic mass is 16.5. The fourth-order valence-corrected chi connectivity index (χ4v) is 4.40. The topological polar surface area (TPSA) is 81.8 Å². The maximum absolute atomic E-state index is 9.49. The normalized spacial score (nSPS) is 18.1. The van der Waals surface area contributed by atoms with Gasteiger partial charge in [0.25, 0.3) is 0 Å². The van der Waals surface area contributed by atoms with Crippen molar-refractivity contribution in [3.8, 4) is 12.1 Å². The smallest absolute Gasteiger partial charge is 0.137 e. The van der Waals surface area contributed by atoms with Crippen LogP contribution in [0.25, 0.3) is 11.5 Å². The highest BCUT2D eigenvalue weighted by Gasteiger charge is 2.19. The largest absolute Gasteiger partial charge is 0.456 e. The van der Waals surface area contributed by atoms with Crippen LogP contribution in [0.15, 0.2) is 71.8 Å². The highest BCUT2D eigenvalue weighted by Crippen LogP contribution is 2.34. The fourth-order valence-electron chi connectivity index (χ4n) is 4.40. The first-order valence-corrected chi connectivity index (χ1v) is 11.8. The number of nitrogens with zero attached hydrogens (tertiary/aromatic N) is 4. The van der Waals surface area contributed by atoms with Gasteiger partial charge in [-0.1, -0.05) is 0 Å². The van der Waals surface area contributed by atoms with Gasteiger partial charge in [0.2, 0.25) is 0 Å². The predicted molar refractivity (Wildman–Crippen MR) is 134 cm³/mol. The van der Waals surface area contributed by atoms with Crippen LogP contribution in [0, 0.1) is 22.7 Å². The lowest BCUT2D eigenvalue weighted by Gasteiger charge is -2.29. The first-order chi connectivity index (χ1) is 17.2. The van der Waals surface area contributed by atoms with Crippen molar-refractivity contribution in [1.82, 2.24) is 0 Å². The van der Waals surface area contributed by atoms with Crippen molar-refractivity contribution >= 4 is 22.9 Å². The van der Waals surface area contributed by atoms with Gasteiger partial charge < -0.3 is 24.0 Å². The van der Waals surface area contributed by atoms with Gasteiger partial charge in [-0.2, -0.15) is 10.5 Å². The van der Waals surface area contributed by atoms with Crippen molar-refractivity contribution < 1.29 is 14.2 Å². The highest BCUT2D eigenvalue weighted by molar-refractivity contribution is 5.80. The van der Waals surface area contributed by atoms with Crippen LogP contribution in [0.2, 0.25) is 0 Å². The van der Waals surface area contributed by atoms with Gasteiger partial charge >= 0.3 is 0 Å². The quantitative estimate of drug-likeness (QED) is 0.627. The molecule has 0 atom stereocenters. The molecule has 2 fully saturated rings. The average molecular weight is 467 g/mol. The van der Waals surface area contributed by atoms with Crippen molar-refractivity contribution in [3.63, 3.8) is 0 Å². The van der Waals surface area contributed by atoms with Crippen LogP contribution in [0.4, 0.5) is 11.4 Å². The minimum Gasteiger partial charge on any atom is -0.456 e. The maximum Gasteiger partial charge on any atom is 0.137 e. The zero-order valence-corrected chi connectivity index (χ0v) is 19.4. The van der Waals surface area contributed by atoms with Crippen LogP contribution in [0.3, 0.4) is 0 Å². The van der Waals surface area contributed by atoms with E-state index in [0.717, 1.165) is 75.1 Å². The Kier molecular flexibility index (Phi) is 6.81. The van der Waals surface area contributed by atoms with E-state index in [1.54, 1.807) is 12.2 Å². The Morgan fingerprint density at radius 3 is 1.40 bits per heavy atom.